The van der Waals surface area contributed by atoms with E-state index in [1.165, 1.54) is 6.07 Å². The molecule has 96 valence electrons. The number of carbonyl (C=O) groups excluding carboxylic acids is 1. The largest absolute Gasteiger partial charge is 0.478 e. The van der Waals surface area contributed by atoms with Gasteiger partial charge in [-0.1, -0.05) is 0 Å². The van der Waals surface area contributed by atoms with E-state index in [0.29, 0.717) is 12.2 Å². The van der Waals surface area contributed by atoms with Crippen LogP contribution in [0.4, 0.5) is 11.4 Å². The second kappa shape index (κ2) is 4.01. The van der Waals surface area contributed by atoms with Gasteiger partial charge >= 0.3 is 5.97 Å². The molecular formula is C13H16N2O3. The van der Waals surface area contributed by atoms with Crippen LogP contribution < -0.4 is 10.2 Å². The summed E-state index contributed by atoms with van der Waals surface area (Å²) < 4.78 is 0. The Morgan fingerprint density at radius 3 is 2.72 bits per heavy atom. The Kier molecular flexibility index (Phi) is 2.77. The average molecular weight is 248 g/mol. The third kappa shape index (κ3) is 2.03. The van der Waals surface area contributed by atoms with Gasteiger partial charge in [-0.25, -0.2) is 4.79 Å². The van der Waals surface area contributed by atoms with Crippen molar-refractivity contribution in [2.75, 3.05) is 23.8 Å². The quantitative estimate of drug-likeness (QED) is 0.795. The lowest BCUT2D eigenvalue weighted by Crippen LogP contribution is -2.37. The zero-order valence-corrected chi connectivity index (χ0v) is 10.7. The fourth-order valence-corrected chi connectivity index (χ4v) is 2.14. The Labute approximate surface area is 105 Å². The van der Waals surface area contributed by atoms with Crippen LogP contribution in [0.1, 0.15) is 24.2 Å². The number of carboxylic acids is 1. The predicted molar refractivity (Wildman–Crippen MR) is 69.1 cm³/mol. The second-order valence-corrected chi connectivity index (χ2v) is 5.23. The van der Waals surface area contributed by atoms with E-state index in [1.54, 1.807) is 12.1 Å². The molecule has 1 amide bonds. The Morgan fingerprint density at radius 2 is 2.11 bits per heavy atom. The van der Waals surface area contributed by atoms with Gasteiger partial charge in [-0.15, -0.1) is 0 Å². The Bertz CT molecular complexity index is 523. The molecule has 1 aliphatic rings. The average Bonchev–Trinajstić information content (AvgIpc) is 2.34. The molecule has 0 aliphatic carbocycles. The summed E-state index contributed by atoms with van der Waals surface area (Å²) in [7, 11) is 1.89. The molecule has 0 aromatic heterocycles. The van der Waals surface area contributed by atoms with Crippen molar-refractivity contribution >= 4 is 23.3 Å². The highest BCUT2D eigenvalue weighted by atomic mass is 16.4. The molecule has 1 aromatic carbocycles. The molecule has 0 bridgehead atoms. The first-order valence-corrected chi connectivity index (χ1v) is 5.71. The molecule has 0 unspecified atom stereocenters. The Balaban J connectivity index is 2.50. The van der Waals surface area contributed by atoms with Crippen molar-refractivity contribution in [3.05, 3.63) is 23.8 Å². The normalized spacial score (nSPS) is 17.7. The van der Waals surface area contributed by atoms with Crippen LogP contribution in [0.5, 0.6) is 0 Å². The smallest absolute Gasteiger partial charge is 0.335 e. The highest BCUT2D eigenvalue weighted by molar-refractivity contribution is 6.01. The zero-order valence-electron chi connectivity index (χ0n) is 10.7. The highest BCUT2D eigenvalue weighted by Gasteiger charge is 2.33. The maximum absolute atomic E-state index is 12.0. The molecule has 5 heteroatoms. The van der Waals surface area contributed by atoms with Gasteiger partial charge in [0.1, 0.15) is 0 Å². The lowest BCUT2D eigenvalue weighted by molar-refractivity contribution is -0.123. The van der Waals surface area contributed by atoms with Crippen LogP contribution in [0.3, 0.4) is 0 Å². The SMILES string of the molecule is CN1CC(C)(C)C(=O)Nc2cc(C(=O)O)ccc21. The van der Waals surface area contributed by atoms with Crippen molar-refractivity contribution in [1.82, 2.24) is 0 Å². The van der Waals surface area contributed by atoms with E-state index >= 15 is 0 Å². The monoisotopic (exact) mass is 248 g/mol. The van der Waals surface area contributed by atoms with Gasteiger partial charge in [-0.2, -0.15) is 0 Å². The molecule has 1 aromatic rings. The van der Waals surface area contributed by atoms with Crippen molar-refractivity contribution in [2.45, 2.75) is 13.8 Å². The third-order valence-corrected chi connectivity index (χ3v) is 3.15. The van der Waals surface area contributed by atoms with E-state index < -0.39 is 11.4 Å². The predicted octanol–water partition coefficient (Wildman–Crippen LogP) is 1.80. The standard InChI is InChI=1S/C13H16N2O3/c1-13(2)7-15(3)10-5-4-8(11(16)17)6-9(10)14-12(13)18/h4-6H,7H2,1-3H3,(H,14,18)(H,16,17). The molecule has 5 nitrogen and oxygen atoms in total. The Morgan fingerprint density at radius 1 is 1.44 bits per heavy atom. The third-order valence-electron chi connectivity index (χ3n) is 3.15. The summed E-state index contributed by atoms with van der Waals surface area (Å²) in [6, 6.07) is 4.76. The fraction of sp³-hybridized carbons (Fsp3) is 0.385. The van der Waals surface area contributed by atoms with Gasteiger partial charge in [-0.05, 0) is 32.0 Å². The number of rotatable bonds is 1. The number of hydrogen-bond acceptors (Lipinski definition) is 3. The van der Waals surface area contributed by atoms with Crippen LogP contribution in [-0.2, 0) is 4.79 Å². The molecule has 2 rings (SSSR count). The van der Waals surface area contributed by atoms with Gasteiger partial charge in [-0.3, -0.25) is 4.79 Å². The summed E-state index contributed by atoms with van der Waals surface area (Å²) in [5.74, 6) is -1.10. The zero-order chi connectivity index (χ0) is 13.5. The molecule has 2 N–H and O–H groups in total. The van der Waals surface area contributed by atoms with Gasteiger partial charge in [0.05, 0.1) is 22.4 Å². The number of anilines is 2. The van der Waals surface area contributed by atoms with E-state index in [0.717, 1.165) is 5.69 Å². The number of carboxylic acid groups (broad SMARTS) is 1. The summed E-state index contributed by atoms with van der Waals surface area (Å²) >= 11 is 0. The number of aromatic carboxylic acids is 1. The summed E-state index contributed by atoms with van der Waals surface area (Å²) in [6.45, 7) is 4.31. The first-order chi connectivity index (χ1) is 8.31. The molecule has 1 heterocycles. The first-order valence-electron chi connectivity index (χ1n) is 5.71. The van der Waals surface area contributed by atoms with Crippen molar-refractivity contribution in [3.8, 4) is 0 Å². The Hall–Kier alpha value is -2.04. The minimum absolute atomic E-state index is 0.101. The van der Waals surface area contributed by atoms with E-state index in [9.17, 15) is 9.59 Å². The number of hydrogen-bond donors (Lipinski definition) is 2. The van der Waals surface area contributed by atoms with Crippen molar-refractivity contribution < 1.29 is 14.7 Å². The van der Waals surface area contributed by atoms with Gasteiger partial charge in [0.25, 0.3) is 0 Å². The number of amides is 1. The van der Waals surface area contributed by atoms with Crippen molar-refractivity contribution in [1.29, 1.82) is 0 Å². The highest BCUT2D eigenvalue weighted by Crippen LogP contribution is 2.33. The molecule has 0 spiro atoms. The minimum atomic E-state index is -1.00. The number of benzene rings is 1. The van der Waals surface area contributed by atoms with E-state index in [4.69, 9.17) is 5.11 Å². The number of carbonyl (C=O) groups is 2. The summed E-state index contributed by atoms with van der Waals surface area (Å²) in [5, 5.41) is 11.8. The van der Waals surface area contributed by atoms with E-state index in [2.05, 4.69) is 5.32 Å². The molecule has 0 fully saturated rings. The lowest BCUT2D eigenvalue weighted by atomic mass is 9.92. The van der Waals surface area contributed by atoms with Gasteiger partial charge in [0.2, 0.25) is 5.91 Å². The van der Waals surface area contributed by atoms with Gasteiger partial charge < -0.3 is 15.3 Å². The molecule has 0 radical (unpaired) electrons. The number of fused-ring (bicyclic) bond motifs is 1. The van der Waals surface area contributed by atoms with Crippen LogP contribution in [0.2, 0.25) is 0 Å². The number of nitrogens with one attached hydrogen (secondary N) is 1. The van der Waals surface area contributed by atoms with Crippen LogP contribution in [0.25, 0.3) is 0 Å². The molecule has 0 saturated heterocycles. The molecule has 18 heavy (non-hydrogen) atoms. The first kappa shape index (κ1) is 12.4. The molecule has 0 saturated carbocycles. The maximum atomic E-state index is 12.0. The topological polar surface area (TPSA) is 69.6 Å². The van der Waals surface area contributed by atoms with Gasteiger partial charge in [0.15, 0.2) is 0 Å². The van der Waals surface area contributed by atoms with Crippen LogP contribution in [-0.4, -0.2) is 30.6 Å². The second-order valence-electron chi connectivity index (χ2n) is 5.23. The summed E-state index contributed by atoms with van der Waals surface area (Å²) in [6.07, 6.45) is 0. The minimum Gasteiger partial charge on any atom is -0.478 e. The van der Waals surface area contributed by atoms with Crippen LogP contribution in [0.15, 0.2) is 18.2 Å². The van der Waals surface area contributed by atoms with Gasteiger partial charge in [0, 0.05) is 13.6 Å². The molecule has 1 aliphatic heterocycles. The van der Waals surface area contributed by atoms with Crippen LogP contribution >= 0.6 is 0 Å². The molecular weight excluding hydrogens is 232 g/mol. The van der Waals surface area contributed by atoms with Crippen LogP contribution in [0, 0.1) is 5.41 Å². The summed E-state index contributed by atoms with van der Waals surface area (Å²) in [5.41, 5.74) is 1.03. The van der Waals surface area contributed by atoms with Crippen molar-refractivity contribution in [2.24, 2.45) is 5.41 Å². The maximum Gasteiger partial charge on any atom is 0.335 e. The fourth-order valence-electron chi connectivity index (χ4n) is 2.14. The van der Waals surface area contributed by atoms with Crippen molar-refractivity contribution in [3.63, 3.8) is 0 Å². The summed E-state index contributed by atoms with van der Waals surface area (Å²) in [4.78, 5) is 24.9. The lowest BCUT2D eigenvalue weighted by Gasteiger charge is -2.26. The molecule has 0 atom stereocenters. The number of nitrogens with zero attached hydrogens (tertiary/aromatic N) is 1. The van der Waals surface area contributed by atoms with E-state index in [1.807, 2.05) is 25.8 Å². The van der Waals surface area contributed by atoms with E-state index in [-0.39, 0.29) is 11.5 Å².